The minimum Gasteiger partial charge on any atom is -0.444 e. The van der Waals surface area contributed by atoms with Crippen molar-refractivity contribution in [3.05, 3.63) is 0 Å². The molecule has 3 atom stereocenters. The van der Waals surface area contributed by atoms with Crippen molar-refractivity contribution in [2.45, 2.75) is 69.5 Å². The summed E-state index contributed by atoms with van der Waals surface area (Å²) in [4.78, 5) is 38.1. The van der Waals surface area contributed by atoms with Crippen molar-refractivity contribution in [3.63, 3.8) is 0 Å². The number of hydrogen-bond donors (Lipinski definition) is 2. The van der Waals surface area contributed by atoms with Crippen LogP contribution in [0, 0.1) is 0 Å². The molecule has 0 spiro atoms. The summed E-state index contributed by atoms with van der Waals surface area (Å²) in [5, 5.41) is 2.60. The van der Waals surface area contributed by atoms with Crippen molar-refractivity contribution in [3.8, 4) is 0 Å². The summed E-state index contributed by atoms with van der Waals surface area (Å²) >= 11 is 1.64. The number of nitrogens with two attached hydrogens (primary N) is 1. The molecule has 2 aliphatic heterocycles. The van der Waals surface area contributed by atoms with Gasteiger partial charge in [0.05, 0.1) is 5.37 Å². The van der Waals surface area contributed by atoms with Gasteiger partial charge >= 0.3 is 6.09 Å². The number of nitrogens with one attached hydrogen (secondary N) is 1. The van der Waals surface area contributed by atoms with E-state index in [1.807, 2.05) is 0 Å². The first-order valence-electron chi connectivity index (χ1n) is 7.91. The van der Waals surface area contributed by atoms with Crippen molar-refractivity contribution in [1.82, 2.24) is 10.2 Å². The first-order valence-corrected chi connectivity index (χ1v) is 8.96. The zero-order valence-corrected chi connectivity index (χ0v) is 14.6. The van der Waals surface area contributed by atoms with Crippen LogP contribution in [-0.2, 0) is 14.3 Å². The number of carbonyl (C=O) groups excluding carboxylic acids is 3. The summed E-state index contributed by atoms with van der Waals surface area (Å²) in [7, 11) is 0. The van der Waals surface area contributed by atoms with E-state index in [0.717, 1.165) is 18.6 Å². The largest absolute Gasteiger partial charge is 0.444 e. The standard InChI is InChI=1S/C15H25N3O4S/c1-15(2,3)22-14(21)17-9-7-8-23-11-6-4-5-10(12(16)19)18(11)13(9)20/h9-11H,4-8H2,1-3H3,(H2,16,19)(H,17,21). The number of fused-ring (bicyclic) bond motifs is 1. The quantitative estimate of drug-likeness (QED) is 0.785. The van der Waals surface area contributed by atoms with Crippen molar-refractivity contribution in [1.29, 1.82) is 0 Å². The van der Waals surface area contributed by atoms with Crippen LogP contribution < -0.4 is 11.1 Å². The summed E-state index contributed by atoms with van der Waals surface area (Å²) in [6.45, 7) is 5.30. The molecule has 0 saturated carbocycles. The third-order valence-corrected chi connectivity index (χ3v) is 5.18. The average molecular weight is 343 g/mol. The van der Waals surface area contributed by atoms with Gasteiger partial charge in [0.1, 0.15) is 17.7 Å². The summed E-state index contributed by atoms with van der Waals surface area (Å²) < 4.78 is 5.22. The third kappa shape index (κ3) is 4.53. The van der Waals surface area contributed by atoms with Crippen LogP contribution >= 0.6 is 11.8 Å². The lowest BCUT2D eigenvalue weighted by atomic mass is 10.00. The number of piperidine rings is 1. The van der Waals surface area contributed by atoms with E-state index in [4.69, 9.17) is 10.5 Å². The highest BCUT2D eigenvalue weighted by Gasteiger charge is 2.42. The van der Waals surface area contributed by atoms with Gasteiger partial charge in [0, 0.05) is 0 Å². The molecular formula is C15H25N3O4S. The first-order chi connectivity index (χ1) is 10.7. The Balaban J connectivity index is 2.11. The Kier molecular flexibility index (Phi) is 5.44. The summed E-state index contributed by atoms with van der Waals surface area (Å²) in [6.07, 6.45) is 2.20. The molecule has 2 heterocycles. The van der Waals surface area contributed by atoms with Crippen LogP contribution in [0.15, 0.2) is 0 Å². The van der Waals surface area contributed by atoms with Gasteiger partial charge in [-0.1, -0.05) is 0 Å². The van der Waals surface area contributed by atoms with E-state index in [9.17, 15) is 14.4 Å². The number of primary amides is 1. The molecule has 7 nitrogen and oxygen atoms in total. The molecule has 0 aromatic heterocycles. The third-order valence-electron chi connectivity index (χ3n) is 3.86. The van der Waals surface area contributed by atoms with Crippen molar-refractivity contribution in [2.75, 3.05) is 5.75 Å². The Hall–Kier alpha value is -1.44. The van der Waals surface area contributed by atoms with Crippen LogP contribution in [0.25, 0.3) is 0 Å². The molecule has 0 radical (unpaired) electrons. The number of nitrogens with zero attached hydrogens (tertiary/aromatic N) is 1. The van der Waals surface area contributed by atoms with Gasteiger partial charge in [0.2, 0.25) is 11.8 Å². The lowest BCUT2D eigenvalue weighted by Gasteiger charge is -2.40. The lowest BCUT2D eigenvalue weighted by Crippen LogP contribution is -2.58. The molecule has 3 unspecified atom stereocenters. The molecule has 2 aliphatic rings. The van der Waals surface area contributed by atoms with Gasteiger partial charge < -0.3 is 20.7 Å². The van der Waals surface area contributed by atoms with Crippen LogP contribution in [0.2, 0.25) is 0 Å². The van der Waals surface area contributed by atoms with E-state index in [1.54, 1.807) is 37.4 Å². The number of amides is 3. The molecule has 2 rings (SSSR count). The molecule has 0 aromatic rings. The van der Waals surface area contributed by atoms with E-state index in [0.29, 0.717) is 12.8 Å². The maximum atomic E-state index is 12.8. The number of carbonyl (C=O) groups is 3. The zero-order chi connectivity index (χ0) is 17.2. The van der Waals surface area contributed by atoms with Crippen LogP contribution in [0.5, 0.6) is 0 Å². The van der Waals surface area contributed by atoms with E-state index in [1.165, 1.54) is 0 Å². The molecule has 0 bridgehead atoms. The fraction of sp³-hybridized carbons (Fsp3) is 0.800. The molecule has 3 amide bonds. The minimum absolute atomic E-state index is 0.0424. The maximum absolute atomic E-state index is 12.8. The SMILES string of the molecule is CC(C)(C)OC(=O)NC1CCSC2CCCC(C(N)=O)N2C1=O. The van der Waals surface area contributed by atoms with Crippen molar-refractivity contribution >= 4 is 29.7 Å². The van der Waals surface area contributed by atoms with Gasteiger partial charge in [-0.25, -0.2) is 4.79 Å². The molecule has 3 N–H and O–H groups in total. The second kappa shape index (κ2) is 6.98. The first kappa shape index (κ1) is 17.9. The molecule has 2 fully saturated rings. The molecule has 2 saturated heterocycles. The monoisotopic (exact) mass is 343 g/mol. The van der Waals surface area contributed by atoms with E-state index in [2.05, 4.69) is 5.32 Å². The number of hydrogen-bond acceptors (Lipinski definition) is 5. The molecule has 23 heavy (non-hydrogen) atoms. The fourth-order valence-corrected chi connectivity index (χ4v) is 4.30. The second-order valence-corrected chi connectivity index (χ2v) is 8.19. The summed E-state index contributed by atoms with van der Waals surface area (Å²) in [5.74, 6) is 0.00898. The molecule has 0 aliphatic carbocycles. The van der Waals surface area contributed by atoms with Gasteiger partial charge in [-0.05, 0) is 52.2 Å². The van der Waals surface area contributed by atoms with Gasteiger partial charge in [-0.3, -0.25) is 9.59 Å². The molecule has 8 heteroatoms. The van der Waals surface area contributed by atoms with Crippen molar-refractivity contribution < 1.29 is 19.1 Å². The number of ether oxygens (including phenoxy) is 1. The van der Waals surface area contributed by atoms with E-state index in [-0.39, 0.29) is 11.3 Å². The highest BCUT2D eigenvalue weighted by molar-refractivity contribution is 7.99. The predicted octanol–water partition coefficient (Wildman–Crippen LogP) is 1.21. The number of rotatable bonds is 2. The summed E-state index contributed by atoms with van der Waals surface area (Å²) in [6, 6.07) is -1.27. The summed E-state index contributed by atoms with van der Waals surface area (Å²) in [5.41, 5.74) is 4.83. The highest BCUT2D eigenvalue weighted by atomic mass is 32.2. The Bertz CT molecular complexity index is 492. The van der Waals surface area contributed by atoms with Crippen LogP contribution in [0.4, 0.5) is 4.79 Å². The van der Waals surface area contributed by atoms with Crippen molar-refractivity contribution in [2.24, 2.45) is 5.73 Å². The topological polar surface area (TPSA) is 102 Å². The zero-order valence-electron chi connectivity index (χ0n) is 13.8. The van der Waals surface area contributed by atoms with Gasteiger partial charge in [-0.2, -0.15) is 0 Å². The van der Waals surface area contributed by atoms with E-state index < -0.39 is 29.7 Å². The average Bonchev–Trinajstić information content (AvgIpc) is 2.57. The highest BCUT2D eigenvalue weighted by Crippen LogP contribution is 2.34. The Labute approximate surface area is 140 Å². The molecular weight excluding hydrogens is 318 g/mol. The van der Waals surface area contributed by atoms with Crippen LogP contribution in [0.1, 0.15) is 46.5 Å². The van der Waals surface area contributed by atoms with Crippen LogP contribution in [0.3, 0.4) is 0 Å². The van der Waals surface area contributed by atoms with E-state index >= 15 is 0 Å². The predicted molar refractivity (Wildman–Crippen MR) is 87.7 cm³/mol. The lowest BCUT2D eigenvalue weighted by molar-refractivity contribution is -0.143. The Morgan fingerprint density at radius 1 is 1.30 bits per heavy atom. The van der Waals surface area contributed by atoms with Crippen LogP contribution in [-0.4, -0.2) is 51.6 Å². The smallest absolute Gasteiger partial charge is 0.408 e. The number of alkyl carbamates (subject to hydrolysis) is 1. The number of thioether (sulfide) groups is 1. The fourth-order valence-electron chi connectivity index (χ4n) is 2.91. The van der Waals surface area contributed by atoms with Gasteiger partial charge in [-0.15, -0.1) is 11.8 Å². The van der Waals surface area contributed by atoms with Gasteiger partial charge in [0.15, 0.2) is 0 Å². The molecule has 130 valence electrons. The normalized spacial score (nSPS) is 28.6. The van der Waals surface area contributed by atoms with Gasteiger partial charge in [0.25, 0.3) is 0 Å². The Morgan fingerprint density at radius 3 is 2.61 bits per heavy atom. The Morgan fingerprint density at radius 2 is 2.00 bits per heavy atom. The molecule has 0 aromatic carbocycles. The minimum atomic E-state index is -0.678. The maximum Gasteiger partial charge on any atom is 0.408 e. The second-order valence-electron chi connectivity index (χ2n) is 6.91.